The van der Waals surface area contributed by atoms with Crippen LogP contribution in [0.3, 0.4) is 0 Å². The highest BCUT2D eigenvalue weighted by Crippen LogP contribution is 2.47. The molecule has 0 atom stereocenters. The maximum atomic E-state index is 14.5. The van der Waals surface area contributed by atoms with Gasteiger partial charge in [0, 0.05) is 17.8 Å². The summed E-state index contributed by atoms with van der Waals surface area (Å²) in [7, 11) is 0. The molecular weight excluding hydrogens is 460 g/mol. The second-order valence-corrected chi connectivity index (χ2v) is 8.72. The summed E-state index contributed by atoms with van der Waals surface area (Å²) in [4.78, 5) is 45.5. The van der Waals surface area contributed by atoms with E-state index in [-0.39, 0.29) is 49.3 Å². The van der Waals surface area contributed by atoms with E-state index in [1.165, 1.54) is 11.1 Å². The van der Waals surface area contributed by atoms with Gasteiger partial charge in [0.15, 0.2) is 11.6 Å². The Labute approximate surface area is 194 Å². The summed E-state index contributed by atoms with van der Waals surface area (Å²) in [5.74, 6) is -2.88. The van der Waals surface area contributed by atoms with E-state index in [0.29, 0.717) is 5.02 Å². The van der Waals surface area contributed by atoms with Gasteiger partial charge in [-0.05, 0) is 43.5 Å². The SMILES string of the molecule is CCOC(=O)[C@H]1C[C@@]2(C1)C(=O)N(c1ncc(Cl)cc1F)CC(=O)N2Cc1ccc(Cl)cc1. The number of nitrogens with zero attached hydrogens (tertiary/aromatic N) is 3. The summed E-state index contributed by atoms with van der Waals surface area (Å²) in [6.07, 6.45) is 1.40. The third-order valence-corrected chi connectivity index (χ3v) is 6.30. The standard InChI is InChI=1S/C22H20Cl2FN3O4/c1-2-32-20(30)14-8-22(9-14)21(31)27(19-17(25)7-16(24)10-26-19)12-18(29)28(22)11-13-3-5-15(23)6-4-13/h3-7,10,14H,2,8-9,11-12H2,1H3/t14-,22+. The molecule has 2 aliphatic rings. The van der Waals surface area contributed by atoms with Crippen LogP contribution in [0.2, 0.25) is 10.0 Å². The molecule has 0 radical (unpaired) electrons. The number of aromatic nitrogens is 1. The molecular formula is C22H20Cl2FN3O4. The van der Waals surface area contributed by atoms with Crippen molar-refractivity contribution >= 4 is 46.8 Å². The number of halogens is 3. The molecule has 7 nitrogen and oxygen atoms in total. The number of pyridine rings is 1. The van der Waals surface area contributed by atoms with E-state index in [4.69, 9.17) is 27.9 Å². The topological polar surface area (TPSA) is 79.8 Å². The highest BCUT2D eigenvalue weighted by atomic mass is 35.5. The predicted octanol–water partition coefficient (Wildman–Crippen LogP) is 3.61. The first kappa shape index (κ1) is 22.5. The number of carbonyl (C=O) groups is 3. The monoisotopic (exact) mass is 479 g/mol. The second-order valence-electron chi connectivity index (χ2n) is 7.85. The first-order valence-electron chi connectivity index (χ1n) is 10.1. The number of esters is 1. The third-order valence-electron chi connectivity index (χ3n) is 5.84. The molecule has 0 bridgehead atoms. The maximum Gasteiger partial charge on any atom is 0.309 e. The lowest BCUT2D eigenvalue weighted by molar-refractivity contribution is -0.172. The molecule has 1 saturated heterocycles. The summed E-state index contributed by atoms with van der Waals surface area (Å²) in [6.45, 7) is 1.70. The molecule has 168 valence electrons. The van der Waals surface area contributed by atoms with Crippen LogP contribution >= 0.6 is 23.2 Å². The molecule has 10 heteroatoms. The van der Waals surface area contributed by atoms with Crippen LogP contribution < -0.4 is 4.90 Å². The van der Waals surface area contributed by atoms with Crippen LogP contribution in [-0.4, -0.2) is 46.4 Å². The van der Waals surface area contributed by atoms with Crippen LogP contribution in [0.15, 0.2) is 36.5 Å². The minimum absolute atomic E-state index is 0.0760. The Balaban J connectivity index is 1.68. The largest absolute Gasteiger partial charge is 0.466 e. The van der Waals surface area contributed by atoms with Crippen LogP contribution in [0.4, 0.5) is 10.2 Å². The fraction of sp³-hybridized carbons (Fsp3) is 0.364. The van der Waals surface area contributed by atoms with Crippen LogP contribution in [0.1, 0.15) is 25.3 Å². The first-order chi connectivity index (χ1) is 15.2. The zero-order chi connectivity index (χ0) is 23.0. The number of carbonyl (C=O) groups excluding carboxylic acids is 3. The number of amides is 2. The average Bonchev–Trinajstić information content (AvgIpc) is 2.71. The quantitative estimate of drug-likeness (QED) is 0.611. The van der Waals surface area contributed by atoms with Gasteiger partial charge < -0.3 is 9.64 Å². The van der Waals surface area contributed by atoms with Gasteiger partial charge in [-0.2, -0.15) is 0 Å². The third kappa shape index (κ3) is 3.93. The van der Waals surface area contributed by atoms with Gasteiger partial charge in [-0.3, -0.25) is 19.3 Å². The van der Waals surface area contributed by atoms with Crippen LogP contribution in [0.5, 0.6) is 0 Å². The Morgan fingerprint density at radius 1 is 1.22 bits per heavy atom. The van der Waals surface area contributed by atoms with Crippen molar-refractivity contribution in [2.24, 2.45) is 5.92 Å². The Morgan fingerprint density at radius 2 is 1.91 bits per heavy atom. The zero-order valence-corrected chi connectivity index (χ0v) is 18.7. The number of piperazine rings is 1. The van der Waals surface area contributed by atoms with Gasteiger partial charge in [-0.15, -0.1) is 0 Å². The van der Waals surface area contributed by atoms with Gasteiger partial charge in [0.2, 0.25) is 5.91 Å². The average molecular weight is 480 g/mol. The minimum Gasteiger partial charge on any atom is -0.466 e. The van der Waals surface area contributed by atoms with Crippen molar-refractivity contribution in [1.82, 2.24) is 9.88 Å². The van der Waals surface area contributed by atoms with E-state index in [9.17, 15) is 18.8 Å². The van der Waals surface area contributed by atoms with Gasteiger partial charge in [-0.1, -0.05) is 35.3 Å². The van der Waals surface area contributed by atoms with E-state index in [2.05, 4.69) is 4.98 Å². The van der Waals surface area contributed by atoms with E-state index in [1.54, 1.807) is 31.2 Å². The lowest BCUT2D eigenvalue weighted by Gasteiger charge is -2.56. The van der Waals surface area contributed by atoms with Crippen molar-refractivity contribution in [1.29, 1.82) is 0 Å². The number of hydrogen-bond donors (Lipinski definition) is 0. The number of anilines is 1. The Kier molecular flexibility index (Phi) is 6.09. The molecule has 2 aromatic rings. The van der Waals surface area contributed by atoms with Gasteiger partial charge in [0.05, 0.1) is 17.5 Å². The molecule has 1 aliphatic heterocycles. The molecule has 0 unspecified atom stereocenters. The molecule has 2 fully saturated rings. The minimum atomic E-state index is -1.29. The predicted molar refractivity (Wildman–Crippen MR) is 116 cm³/mol. The van der Waals surface area contributed by atoms with Gasteiger partial charge in [-0.25, -0.2) is 9.37 Å². The fourth-order valence-electron chi connectivity index (χ4n) is 4.26. The lowest BCUT2D eigenvalue weighted by Crippen LogP contribution is -2.73. The summed E-state index contributed by atoms with van der Waals surface area (Å²) >= 11 is 11.7. The van der Waals surface area contributed by atoms with Crippen molar-refractivity contribution in [2.45, 2.75) is 31.8 Å². The van der Waals surface area contributed by atoms with Crippen molar-refractivity contribution < 1.29 is 23.5 Å². The first-order valence-corrected chi connectivity index (χ1v) is 10.9. The molecule has 1 spiro atoms. The molecule has 2 heterocycles. The molecule has 4 rings (SSSR count). The van der Waals surface area contributed by atoms with Crippen LogP contribution in [0, 0.1) is 11.7 Å². The molecule has 2 amide bonds. The summed E-state index contributed by atoms with van der Waals surface area (Å²) in [5.41, 5.74) is -0.515. The molecule has 32 heavy (non-hydrogen) atoms. The summed E-state index contributed by atoms with van der Waals surface area (Å²) < 4.78 is 19.6. The second kappa shape index (κ2) is 8.67. The van der Waals surface area contributed by atoms with Crippen molar-refractivity contribution in [3.05, 3.63) is 58.0 Å². The number of ether oxygens (including phenoxy) is 1. The van der Waals surface area contributed by atoms with Crippen molar-refractivity contribution in [3.8, 4) is 0 Å². The molecule has 1 aromatic heterocycles. The number of benzene rings is 1. The Hall–Kier alpha value is -2.71. The Morgan fingerprint density at radius 3 is 2.53 bits per heavy atom. The van der Waals surface area contributed by atoms with Gasteiger partial charge >= 0.3 is 5.97 Å². The summed E-state index contributed by atoms with van der Waals surface area (Å²) in [5, 5.41) is 0.623. The van der Waals surface area contributed by atoms with E-state index >= 15 is 0 Å². The molecule has 1 aromatic carbocycles. The fourth-order valence-corrected chi connectivity index (χ4v) is 4.53. The van der Waals surface area contributed by atoms with Crippen LogP contribution in [-0.2, 0) is 25.7 Å². The van der Waals surface area contributed by atoms with Gasteiger partial charge in [0.1, 0.15) is 12.1 Å². The van der Waals surface area contributed by atoms with E-state index in [0.717, 1.165) is 16.5 Å². The number of hydrogen-bond acceptors (Lipinski definition) is 5. The maximum absolute atomic E-state index is 14.5. The molecule has 1 saturated carbocycles. The normalized spacial score (nSPS) is 22.8. The van der Waals surface area contributed by atoms with Crippen molar-refractivity contribution in [3.63, 3.8) is 0 Å². The van der Waals surface area contributed by atoms with Crippen LogP contribution in [0.25, 0.3) is 0 Å². The molecule has 1 aliphatic carbocycles. The summed E-state index contributed by atoms with van der Waals surface area (Å²) in [6, 6.07) is 7.96. The Bertz CT molecular complexity index is 1070. The van der Waals surface area contributed by atoms with E-state index < -0.39 is 29.2 Å². The molecule has 0 N–H and O–H groups in total. The lowest BCUT2D eigenvalue weighted by atomic mass is 9.65. The number of rotatable bonds is 5. The highest BCUT2D eigenvalue weighted by Gasteiger charge is 2.62. The smallest absolute Gasteiger partial charge is 0.309 e. The highest BCUT2D eigenvalue weighted by molar-refractivity contribution is 6.30. The zero-order valence-electron chi connectivity index (χ0n) is 17.2. The van der Waals surface area contributed by atoms with E-state index in [1.807, 2.05) is 0 Å². The van der Waals surface area contributed by atoms with Gasteiger partial charge in [0.25, 0.3) is 5.91 Å². The van der Waals surface area contributed by atoms with Crippen molar-refractivity contribution in [2.75, 3.05) is 18.1 Å².